The second-order valence-corrected chi connectivity index (χ2v) is 9.01. The third kappa shape index (κ3) is 4.66. The van der Waals surface area contributed by atoms with Crippen LogP contribution in [0.2, 0.25) is 0 Å². The van der Waals surface area contributed by atoms with E-state index in [9.17, 15) is 8.42 Å². The monoisotopic (exact) mass is 393 g/mol. The molecule has 0 bridgehead atoms. The van der Waals surface area contributed by atoms with Crippen LogP contribution < -0.4 is 0 Å². The summed E-state index contributed by atoms with van der Waals surface area (Å²) in [6, 6.07) is 17.9. The Labute approximate surface area is 146 Å². The summed E-state index contributed by atoms with van der Waals surface area (Å²) in [5.41, 5.74) is 1.32. The number of halogens is 1. The van der Waals surface area contributed by atoms with Crippen molar-refractivity contribution in [3.05, 3.63) is 64.6 Å². The van der Waals surface area contributed by atoms with E-state index in [0.29, 0.717) is 17.4 Å². The highest BCUT2D eigenvalue weighted by Gasteiger charge is 2.33. The van der Waals surface area contributed by atoms with Crippen LogP contribution in [0.15, 0.2) is 64.0 Å². The Bertz CT molecular complexity index is 762. The predicted molar refractivity (Wildman–Crippen MR) is 96.1 cm³/mol. The van der Waals surface area contributed by atoms with Crippen molar-refractivity contribution in [2.24, 2.45) is 0 Å². The van der Waals surface area contributed by atoms with Crippen LogP contribution >= 0.6 is 15.9 Å². The average Bonchev–Trinajstić information content (AvgIpc) is 3.26. The van der Waals surface area contributed by atoms with Crippen LogP contribution in [0.5, 0.6) is 0 Å². The Morgan fingerprint density at radius 3 is 2.61 bits per heavy atom. The Morgan fingerprint density at radius 2 is 1.87 bits per heavy atom. The van der Waals surface area contributed by atoms with Crippen molar-refractivity contribution < 1.29 is 8.42 Å². The number of hydrogen-bond acceptors (Lipinski definition) is 3. The Kier molecular flexibility index (Phi) is 5.19. The standard InChI is InChI=1S/C18H20BrNO2S/c19-16-8-4-10-18(12-16)23(21,22)11-5-9-17-14-20(17)13-15-6-2-1-3-7-15/h1-4,6-8,10,12,17H,5,9,11,13-14H2. The molecule has 1 fully saturated rings. The van der Waals surface area contributed by atoms with Crippen molar-refractivity contribution in [2.45, 2.75) is 30.3 Å². The van der Waals surface area contributed by atoms with Crippen molar-refractivity contribution in [1.82, 2.24) is 4.90 Å². The number of rotatable bonds is 7. The smallest absolute Gasteiger partial charge is 0.178 e. The summed E-state index contributed by atoms with van der Waals surface area (Å²) in [5.74, 6) is 0.221. The van der Waals surface area contributed by atoms with E-state index in [0.717, 1.165) is 24.0 Å². The van der Waals surface area contributed by atoms with E-state index in [1.54, 1.807) is 18.2 Å². The largest absolute Gasteiger partial charge is 0.293 e. The van der Waals surface area contributed by atoms with Gasteiger partial charge in [-0.05, 0) is 36.6 Å². The van der Waals surface area contributed by atoms with Crippen molar-refractivity contribution in [1.29, 1.82) is 0 Å². The first kappa shape index (κ1) is 16.7. The molecule has 1 saturated heterocycles. The van der Waals surface area contributed by atoms with Crippen LogP contribution in [-0.4, -0.2) is 31.7 Å². The second kappa shape index (κ2) is 7.16. The van der Waals surface area contributed by atoms with Gasteiger partial charge in [-0.1, -0.05) is 52.3 Å². The number of hydrogen-bond donors (Lipinski definition) is 0. The highest BCUT2D eigenvalue weighted by atomic mass is 79.9. The fourth-order valence-corrected chi connectivity index (χ4v) is 4.72. The summed E-state index contributed by atoms with van der Waals surface area (Å²) in [6.45, 7) is 2.04. The van der Waals surface area contributed by atoms with Crippen molar-refractivity contribution >= 4 is 25.8 Å². The van der Waals surface area contributed by atoms with Gasteiger partial charge in [0.2, 0.25) is 0 Å². The molecule has 5 heteroatoms. The minimum absolute atomic E-state index is 0.221. The number of nitrogens with zero attached hydrogens (tertiary/aromatic N) is 1. The number of benzene rings is 2. The van der Waals surface area contributed by atoms with E-state index in [1.165, 1.54) is 5.56 Å². The van der Waals surface area contributed by atoms with Crippen molar-refractivity contribution in [3.8, 4) is 0 Å². The van der Waals surface area contributed by atoms with Gasteiger partial charge in [-0.15, -0.1) is 0 Å². The van der Waals surface area contributed by atoms with Crippen LogP contribution in [0.25, 0.3) is 0 Å². The molecule has 23 heavy (non-hydrogen) atoms. The fraction of sp³-hybridized carbons (Fsp3) is 0.333. The molecule has 2 aromatic carbocycles. The zero-order valence-electron chi connectivity index (χ0n) is 12.9. The lowest BCUT2D eigenvalue weighted by Gasteiger charge is -2.06. The lowest BCUT2D eigenvalue weighted by Crippen LogP contribution is -2.09. The molecule has 0 amide bonds. The fourth-order valence-electron chi connectivity index (χ4n) is 2.80. The van der Waals surface area contributed by atoms with E-state index in [-0.39, 0.29) is 5.75 Å². The summed E-state index contributed by atoms with van der Waals surface area (Å²) >= 11 is 3.32. The van der Waals surface area contributed by atoms with Crippen molar-refractivity contribution in [2.75, 3.05) is 12.3 Å². The lowest BCUT2D eigenvalue weighted by atomic mass is 10.2. The first-order chi connectivity index (χ1) is 11.0. The zero-order chi connectivity index (χ0) is 16.3. The van der Waals surface area contributed by atoms with Gasteiger partial charge < -0.3 is 0 Å². The Morgan fingerprint density at radius 1 is 1.09 bits per heavy atom. The molecule has 0 aromatic heterocycles. The topological polar surface area (TPSA) is 37.1 Å². The van der Waals surface area contributed by atoms with E-state index in [4.69, 9.17) is 0 Å². The van der Waals surface area contributed by atoms with Gasteiger partial charge in [-0.25, -0.2) is 8.42 Å². The van der Waals surface area contributed by atoms with Gasteiger partial charge in [0, 0.05) is 23.6 Å². The van der Waals surface area contributed by atoms with Crippen LogP contribution in [0.1, 0.15) is 18.4 Å². The molecule has 0 radical (unpaired) electrons. The highest BCUT2D eigenvalue weighted by molar-refractivity contribution is 9.10. The molecule has 1 heterocycles. The third-order valence-corrected chi connectivity index (χ3v) is 6.45. The third-order valence-electron chi connectivity index (χ3n) is 4.16. The maximum atomic E-state index is 12.3. The zero-order valence-corrected chi connectivity index (χ0v) is 15.3. The molecule has 122 valence electrons. The summed E-state index contributed by atoms with van der Waals surface area (Å²) < 4.78 is 25.4. The molecule has 1 aliphatic heterocycles. The molecular formula is C18H20BrNO2S. The molecule has 0 aliphatic carbocycles. The van der Waals surface area contributed by atoms with Crippen molar-refractivity contribution in [3.63, 3.8) is 0 Å². The molecule has 3 rings (SSSR count). The van der Waals surface area contributed by atoms with E-state index >= 15 is 0 Å². The molecule has 2 aromatic rings. The summed E-state index contributed by atoms with van der Waals surface area (Å²) in [5, 5.41) is 0. The summed E-state index contributed by atoms with van der Waals surface area (Å²) in [6.07, 6.45) is 1.66. The molecule has 1 aliphatic rings. The van der Waals surface area contributed by atoms with Crippen LogP contribution in [-0.2, 0) is 16.4 Å². The van der Waals surface area contributed by atoms with Gasteiger partial charge in [-0.3, -0.25) is 4.90 Å². The number of sulfone groups is 1. The molecule has 0 spiro atoms. The first-order valence-corrected chi connectivity index (χ1v) is 10.3. The normalized spacial score (nSPS) is 20.4. The molecular weight excluding hydrogens is 374 g/mol. The van der Waals surface area contributed by atoms with Gasteiger partial charge in [0.05, 0.1) is 10.6 Å². The first-order valence-electron chi connectivity index (χ1n) is 7.81. The van der Waals surface area contributed by atoms with E-state index in [2.05, 4.69) is 45.1 Å². The summed E-state index contributed by atoms with van der Waals surface area (Å²) in [7, 11) is -3.18. The Balaban J connectivity index is 1.45. The van der Waals surface area contributed by atoms with Crippen LogP contribution in [0.4, 0.5) is 0 Å². The summed E-state index contributed by atoms with van der Waals surface area (Å²) in [4.78, 5) is 2.80. The average molecular weight is 394 g/mol. The van der Waals surface area contributed by atoms with Gasteiger partial charge in [0.25, 0.3) is 0 Å². The maximum absolute atomic E-state index is 12.3. The Hall–Kier alpha value is -1.17. The van der Waals surface area contributed by atoms with Crippen LogP contribution in [0, 0.1) is 0 Å². The SMILES string of the molecule is O=S(=O)(CCCC1CN1Cc1ccccc1)c1cccc(Br)c1. The predicted octanol–water partition coefficient (Wildman–Crippen LogP) is 3.89. The lowest BCUT2D eigenvalue weighted by molar-refractivity contribution is 0.484. The minimum Gasteiger partial charge on any atom is -0.293 e. The second-order valence-electron chi connectivity index (χ2n) is 5.99. The minimum atomic E-state index is -3.18. The van der Waals surface area contributed by atoms with Crippen LogP contribution in [0.3, 0.4) is 0 Å². The molecule has 3 nitrogen and oxygen atoms in total. The molecule has 0 saturated carbocycles. The van der Waals surface area contributed by atoms with Gasteiger partial charge in [0.15, 0.2) is 9.84 Å². The van der Waals surface area contributed by atoms with E-state index in [1.807, 2.05) is 12.1 Å². The van der Waals surface area contributed by atoms with Gasteiger partial charge in [0.1, 0.15) is 0 Å². The van der Waals surface area contributed by atoms with E-state index < -0.39 is 9.84 Å². The van der Waals surface area contributed by atoms with Gasteiger partial charge >= 0.3 is 0 Å². The maximum Gasteiger partial charge on any atom is 0.178 e. The molecule has 0 N–H and O–H groups in total. The van der Waals surface area contributed by atoms with Gasteiger partial charge in [-0.2, -0.15) is 0 Å². The molecule has 2 atom stereocenters. The molecule has 2 unspecified atom stereocenters. The quantitative estimate of drug-likeness (QED) is 0.669. The highest BCUT2D eigenvalue weighted by Crippen LogP contribution is 2.26.